The van der Waals surface area contributed by atoms with E-state index < -0.39 is 0 Å². The van der Waals surface area contributed by atoms with Crippen LogP contribution in [0.2, 0.25) is 0 Å². The van der Waals surface area contributed by atoms with Crippen LogP contribution in [0.15, 0.2) is 24.3 Å². The van der Waals surface area contributed by atoms with Crippen LogP contribution in [0, 0.1) is 18.8 Å². The van der Waals surface area contributed by atoms with Crippen molar-refractivity contribution in [2.45, 2.75) is 13.3 Å². The minimum atomic E-state index is -0.153. The number of hydrogen-bond acceptors (Lipinski definition) is 4. The molecule has 1 heterocycles. The monoisotopic (exact) mass is 280 g/mol. The number of benzene rings is 1. The van der Waals surface area contributed by atoms with Crippen molar-refractivity contribution >= 4 is 17.7 Å². The van der Waals surface area contributed by atoms with Crippen LogP contribution in [0.25, 0.3) is 0 Å². The SMILES string of the molecule is COC(=O)C(COc1ccccc1C)C1CCSC1. The van der Waals surface area contributed by atoms with Gasteiger partial charge in [-0.15, -0.1) is 0 Å². The molecule has 2 rings (SSSR count). The van der Waals surface area contributed by atoms with Gasteiger partial charge in [0.25, 0.3) is 0 Å². The summed E-state index contributed by atoms with van der Waals surface area (Å²) >= 11 is 1.90. The second-order valence-corrected chi connectivity index (χ2v) is 5.98. The maximum atomic E-state index is 11.9. The van der Waals surface area contributed by atoms with Crippen LogP contribution in [0.1, 0.15) is 12.0 Å². The summed E-state index contributed by atoms with van der Waals surface area (Å²) in [4.78, 5) is 11.9. The second-order valence-electron chi connectivity index (χ2n) is 4.83. The number of para-hydroxylation sites is 1. The molecule has 104 valence electrons. The second kappa shape index (κ2) is 6.85. The Kier molecular flexibility index (Phi) is 5.14. The van der Waals surface area contributed by atoms with Gasteiger partial charge in [0.15, 0.2) is 0 Å². The van der Waals surface area contributed by atoms with Crippen molar-refractivity contribution in [1.82, 2.24) is 0 Å². The molecule has 0 radical (unpaired) electrons. The highest BCUT2D eigenvalue weighted by molar-refractivity contribution is 7.99. The Morgan fingerprint density at radius 2 is 2.26 bits per heavy atom. The Morgan fingerprint density at radius 3 is 2.89 bits per heavy atom. The van der Waals surface area contributed by atoms with E-state index in [0.29, 0.717) is 12.5 Å². The van der Waals surface area contributed by atoms with E-state index in [4.69, 9.17) is 9.47 Å². The summed E-state index contributed by atoms with van der Waals surface area (Å²) in [6.45, 7) is 2.41. The van der Waals surface area contributed by atoms with E-state index in [9.17, 15) is 4.79 Å². The highest BCUT2D eigenvalue weighted by Crippen LogP contribution is 2.31. The Bertz CT molecular complexity index is 427. The number of hydrogen-bond donors (Lipinski definition) is 0. The average molecular weight is 280 g/mol. The summed E-state index contributed by atoms with van der Waals surface area (Å²) in [5, 5.41) is 0. The van der Waals surface area contributed by atoms with E-state index in [0.717, 1.165) is 29.2 Å². The zero-order chi connectivity index (χ0) is 13.7. The van der Waals surface area contributed by atoms with Gasteiger partial charge in [-0.1, -0.05) is 18.2 Å². The number of thioether (sulfide) groups is 1. The van der Waals surface area contributed by atoms with Crippen molar-refractivity contribution in [3.05, 3.63) is 29.8 Å². The predicted molar refractivity (Wildman–Crippen MR) is 77.6 cm³/mol. The third-order valence-corrected chi connectivity index (χ3v) is 4.74. The van der Waals surface area contributed by atoms with Crippen molar-refractivity contribution < 1.29 is 14.3 Å². The Balaban J connectivity index is 2.00. The predicted octanol–water partition coefficient (Wildman–Crippen LogP) is 2.92. The summed E-state index contributed by atoms with van der Waals surface area (Å²) in [7, 11) is 1.45. The molecule has 1 aromatic carbocycles. The molecule has 19 heavy (non-hydrogen) atoms. The molecule has 1 aromatic rings. The summed E-state index contributed by atoms with van der Waals surface area (Å²) < 4.78 is 10.7. The largest absolute Gasteiger partial charge is 0.492 e. The summed E-state index contributed by atoms with van der Waals surface area (Å²) in [5.41, 5.74) is 1.09. The van der Waals surface area contributed by atoms with Crippen LogP contribution in [0.5, 0.6) is 5.75 Å². The molecular formula is C15H20O3S. The molecule has 1 aliphatic rings. The quantitative estimate of drug-likeness (QED) is 0.777. The lowest BCUT2D eigenvalue weighted by atomic mass is 9.92. The zero-order valence-electron chi connectivity index (χ0n) is 11.4. The molecule has 0 N–H and O–H groups in total. The van der Waals surface area contributed by atoms with Crippen LogP contribution in [0.3, 0.4) is 0 Å². The van der Waals surface area contributed by atoms with Gasteiger partial charge in [0.1, 0.15) is 12.4 Å². The molecule has 1 aliphatic heterocycles. The lowest BCUT2D eigenvalue weighted by Gasteiger charge is -2.21. The Labute approximate surface area is 118 Å². The van der Waals surface area contributed by atoms with Gasteiger partial charge in [-0.25, -0.2) is 0 Å². The van der Waals surface area contributed by atoms with Gasteiger partial charge < -0.3 is 9.47 Å². The van der Waals surface area contributed by atoms with Crippen molar-refractivity contribution in [3.8, 4) is 5.75 Å². The van der Waals surface area contributed by atoms with Gasteiger partial charge in [-0.3, -0.25) is 4.79 Å². The van der Waals surface area contributed by atoms with Crippen LogP contribution >= 0.6 is 11.8 Å². The number of carbonyl (C=O) groups is 1. The van der Waals surface area contributed by atoms with Gasteiger partial charge in [0, 0.05) is 0 Å². The first-order valence-corrected chi connectivity index (χ1v) is 7.72. The van der Waals surface area contributed by atoms with Crippen LogP contribution in [0.4, 0.5) is 0 Å². The maximum absolute atomic E-state index is 11.9. The summed E-state index contributed by atoms with van der Waals surface area (Å²) in [6.07, 6.45) is 1.07. The summed E-state index contributed by atoms with van der Waals surface area (Å²) in [6, 6.07) is 7.87. The van der Waals surface area contributed by atoms with Crippen LogP contribution < -0.4 is 4.74 Å². The van der Waals surface area contributed by atoms with E-state index >= 15 is 0 Å². The van der Waals surface area contributed by atoms with E-state index in [1.165, 1.54) is 7.11 Å². The standard InChI is InChI=1S/C15H20O3S/c1-11-5-3-4-6-14(11)18-9-13(15(16)17-2)12-7-8-19-10-12/h3-6,12-13H,7-10H2,1-2H3. The molecular weight excluding hydrogens is 260 g/mol. The molecule has 0 aliphatic carbocycles. The van der Waals surface area contributed by atoms with Gasteiger partial charge in [-0.2, -0.15) is 11.8 Å². The number of ether oxygens (including phenoxy) is 2. The molecule has 1 saturated heterocycles. The summed E-state index contributed by atoms with van der Waals surface area (Å²) in [5.74, 6) is 3.07. The maximum Gasteiger partial charge on any atom is 0.312 e. The molecule has 0 aromatic heterocycles. The van der Waals surface area contributed by atoms with Gasteiger partial charge in [0.2, 0.25) is 0 Å². The van der Waals surface area contributed by atoms with Gasteiger partial charge in [0.05, 0.1) is 13.0 Å². The molecule has 4 heteroatoms. The number of esters is 1. The highest BCUT2D eigenvalue weighted by atomic mass is 32.2. The number of rotatable bonds is 5. The van der Waals surface area contributed by atoms with Gasteiger partial charge >= 0.3 is 5.97 Å². The topological polar surface area (TPSA) is 35.5 Å². The van der Waals surface area contributed by atoms with E-state index in [-0.39, 0.29) is 11.9 Å². The fourth-order valence-corrected chi connectivity index (χ4v) is 3.65. The first-order chi connectivity index (χ1) is 9.22. The van der Waals surface area contributed by atoms with Crippen molar-refractivity contribution in [3.63, 3.8) is 0 Å². The molecule has 2 atom stereocenters. The third kappa shape index (κ3) is 3.66. The van der Waals surface area contributed by atoms with E-state index in [2.05, 4.69) is 0 Å². The van der Waals surface area contributed by atoms with Crippen LogP contribution in [-0.4, -0.2) is 31.2 Å². The number of carbonyl (C=O) groups excluding carboxylic acids is 1. The molecule has 1 fully saturated rings. The van der Waals surface area contributed by atoms with Crippen molar-refractivity contribution in [1.29, 1.82) is 0 Å². The average Bonchev–Trinajstić information content (AvgIpc) is 2.94. The minimum Gasteiger partial charge on any atom is -0.492 e. The molecule has 3 nitrogen and oxygen atoms in total. The van der Waals surface area contributed by atoms with Crippen LogP contribution in [-0.2, 0) is 9.53 Å². The smallest absolute Gasteiger partial charge is 0.312 e. The molecule has 0 saturated carbocycles. The lowest BCUT2D eigenvalue weighted by molar-refractivity contribution is -0.148. The zero-order valence-corrected chi connectivity index (χ0v) is 12.2. The van der Waals surface area contributed by atoms with Gasteiger partial charge in [-0.05, 0) is 42.4 Å². The van der Waals surface area contributed by atoms with Crippen molar-refractivity contribution in [2.75, 3.05) is 25.2 Å². The normalized spacial score (nSPS) is 20.0. The third-order valence-electron chi connectivity index (χ3n) is 3.55. The molecule has 2 unspecified atom stereocenters. The molecule has 0 spiro atoms. The number of methoxy groups -OCH3 is 1. The fourth-order valence-electron chi connectivity index (χ4n) is 2.32. The first-order valence-electron chi connectivity index (χ1n) is 6.56. The highest BCUT2D eigenvalue weighted by Gasteiger charge is 2.32. The number of aryl methyl sites for hydroxylation is 1. The van der Waals surface area contributed by atoms with E-state index in [1.807, 2.05) is 43.0 Å². The lowest BCUT2D eigenvalue weighted by Crippen LogP contribution is -2.30. The molecule has 0 bridgehead atoms. The fraction of sp³-hybridized carbons (Fsp3) is 0.533. The first kappa shape index (κ1) is 14.3. The minimum absolute atomic E-state index is 0.152. The van der Waals surface area contributed by atoms with Crippen molar-refractivity contribution in [2.24, 2.45) is 11.8 Å². The van der Waals surface area contributed by atoms with E-state index in [1.54, 1.807) is 0 Å². The molecule has 0 amide bonds. The Morgan fingerprint density at radius 1 is 1.47 bits per heavy atom. The Hall–Kier alpha value is -1.16.